The summed E-state index contributed by atoms with van der Waals surface area (Å²) in [5, 5.41) is 6.87. The van der Waals surface area contributed by atoms with Gasteiger partial charge in [-0.05, 0) is 48.5 Å². The summed E-state index contributed by atoms with van der Waals surface area (Å²) in [5.74, 6) is -1.34. The van der Waals surface area contributed by atoms with E-state index in [0.29, 0.717) is 5.69 Å². The number of hydrogen-bond donors (Lipinski definition) is 1. The van der Waals surface area contributed by atoms with Crippen molar-refractivity contribution < 1.29 is 17.6 Å². The van der Waals surface area contributed by atoms with Gasteiger partial charge in [-0.25, -0.2) is 17.5 Å². The Bertz CT molecular complexity index is 1050. The molecule has 0 bridgehead atoms. The molecule has 0 spiro atoms. The van der Waals surface area contributed by atoms with Gasteiger partial charge in [0.2, 0.25) is 0 Å². The van der Waals surface area contributed by atoms with E-state index >= 15 is 0 Å². The van der Waals surface area contributed by atoms with Crippen LogP contribution in [0.1, 0.15) is 10.4 Å². The molecule has 0 saturated heterocycles. The first-order chi connectivity index (χ1) is 12.9. The second-order valence-electron chi connectivity index (χ2n) is 5.64. The monoisotopic (exact) mass is 407 g/mol. The molecule has 0 aliphatic carbocycles. The van der Waals surface area contributed by atoms with Crippen LogP contribution in [0.2, 0.25) is 5.02 Å². The lowest BCUT2D eigenvalue weighted by molar-refractivity contribution is 0.0956. The van der Waals surface area contributed by atoms with Gasteiger partial charge in [0.05, 0.1) is 26.9 Å². The number of rotatable bonds is 6. The molecule has 1 amide bonds. The number of amides is 1. The van der Waals surface area contributed by atoms with Crippen molar-refractivity contribution in [2.45, 2.75) is 4.90 Å². The Kier molecular flexibility index (Phi) is 5.57. The Balaban J connectivity index is 1.67. The largest absolute Gasteiger partial charge is 0.351 e. The molecule has 3 aromatic rings. The Hall–Kier alpha value is -2.71. The van der Waals surface area contributed by atoms with Crippen molar-refractivity contribution in [3.8, 4) is 5.69 Å². The molecule has 27 heavy (non-hydrogen) atoms. The number of halogens is 2. The maximum absolute atomic E-state index is 12.9. The molecule has 0 aliphatic heterocycles. The van der Waals surface area contributed by atoms with Gasteiger partial charge in [0.25, 0.3) is 5.91 Å². The third-order valence-electron chi connectivity index (χ3n) is 3.79. The molecule has 0 atom stereocenters. The van der Waals surface area contributed by atoms with E-state index in [9.17, 15) is 17.6 Å². The van der Waals surface area contributed by atoms with Gasteiger partial charge in [0, 0.05) is 18.9 Å². The van der Waals surface area contributed by atoms with Crippen molar-refractivity contribution in [2.75, 3.05) is 12.3 Å². The van der Waals surface area contributed by atoms with Crippen LogP contribution in [-0.4, -0.2) is 36.4 Å². The maximum Gasteiger partial charge on any atom is 0.252 e. The van der Waals surface area contributed by atoms with Crippen LogP contribution in [0.25, 0.3) is 5.69 Å². The van der Waals surface area contributed by atoms with Crippen LogP contribution in [0.3, 0.4) is 0 Å². The Morgan fingerprint density at radius 2 is 1.93 bits per heavy atom. The van der Waals surface area contributed by atoms with Gasteiger partial charge in [0.1, 0.15) is 5.82 Å². The summed E-state index contributed by atoms with van der Waals surface area (Å²) in [6.07, 6.45) is 3.33. The SMILES string of the molecule is O=C(NCCS(=O)(=O)c1ccc(F)cc1)c1cc(-n2cccn2)ccc1Cl. The molecule has 0 unspecified atom stereocenters. The standard InChI is InChI=1S/C18H15ClFN3O3S/c19-17-7-4-14(23-10-1-8-22-23)12-16(17)18(24)21-9-11-27(25,26)15-5-2-13(20)3-6-15/h1-8,10,12H,9,11H2,(H,21,24). The molecule has 1 N–H and O–H groups in total. The highest BCUT2D eigenvalue weighted by Crippen LogP contribution is 2.20. The number of hydrogen-bond acceptors (Lipinski definition) is 4. The van der Waals surface area contributed by atoms with E-state index in [4.69, 9.17) is 11.6 Å². The van der Waals surface area contributed by atoms with E-state index in [1.165, 1.54) is 12.1 Å². The summed E-state index contributed by atoms with van der Waals surface area (Å²) in [6, 6.07) is 11.1. The maximum atomic E-state index is 12.9. The highest BCUT2D eigenvalue weighted by atomic mass is 35.5. The fraction of sp³-hybridized carbons (Fsp3) is 0.111. The van der Waals surface area contributed by atoms with Gasteiger partial charge in [0.15, 0.2) is 9.84 Å². The van der Waals surface area contributed by atoms with E-state index in [1.54, 1.807) is 41.3 Å². The quantitative estimate of drug-likeness (QED) is 0.637. The number of carbonyl (C=O) groups excluding carboxylic acids is 1. The predicted molar refractivity (Wildman–Crippen MR) is 99.4 cm³/mol. The van der Waals surface area contributed by atoms with Crippen molar-refractivity contribution in [1.29, 1.82) is 0 Å². The van der Waals surface area contributed by atoms with Gasteiger partial charge in [-0.3, -0.25) is 4.79 Å². The van der Waals surface area contributed by atoms with Gasteiger partial charge in [-0.1, -0.05) is 11.6 Å². The summed E-state index contributed by atoms with van der Waals surface area (Å²) in [6.45, 7) is -0.110. The molecule has 1 heterocycles. The normalized spacial score (nSPS) is 11.3. The molecule has 2 aromatic carbocycles. The van der Waals surface area contributed by atoms with Crippen LogP contribution in [0.5, 0.6) is 0 Å². The van der Waals surface area contributed by atoms with Gasteiger partial charge in [-0.2, -0.15) is 5.10 Å². The number of nitrogens with zero attached hydrogens (tertiary/aromatic N) is 2. The van der Waals surface area contributed by atoms with Crippen molar-refractivity contribution in [1.82, 2.24) is 15.1 Å². The summed E-state index contributed by atoms with van der Waals surface area (Å²) in [7, 11) is -3.64. The van der Waals surface area contributed by atoms with Crippen molar-refractivity contribution in [3.63, 3.8) is 0 Å². The van der Waals surface area contributed by atoms with Crippen LogP contribution in [0.15, 0.2) is 65.8 Å². The fourth-order valence-electron chi connectivity index (χ4n) is 2.41. The van der Waals surface area contributed by atoms with E-state index in [1.807, 2.05) is 0 Å². The Morgan fingerprint density at radius 3 is 2.59 bits per heavy atom. The molecule has 140 valence electrons. The Morgan fingerprint density at radius 1 is 1.19 bits per heavy atom. The molecule has 1 aromatic heterocycles. The lowest BCUT2D eigenvalue weighted by atomic mass is 10.2. The fourth-order valence-corrected chi connectivity index (χ4v) is 3.77. The average molecular weight is 408 g/mol. The van der Waals surface area contributed by atoms with E-state index in [2.05, 4.69) is 10.4 Å². The average Bonchev–Trinajstić information content (AvgIpc) is 3.17. The van der Waals surface area contributed by atoms with Crippen LogP contribution < -0.4 is 5.32 Å². The van der Waals surface area contributed by atoms with Crippen LogP contribution in [-0.2, 0) is 9.84 Å². The van der Waals surface area contributed by atoms with Crippen LogP contribution >= 0.6 is 11.6 Å². The van der Waals surface area contributed by atoms with E-state index in [0.717, 1.165) is 12.1 Å². The molecule has 3 rings (SSSR count). The molecule has 0 aliphatic rings. The molecule has 0 radical (unpaired) electrons. The molecular formula is C18H15ClFN3O3S. The highest BCUT2D eigenvalue weighted by molar-refractivity contribution is 7.91. The summed E-state index contributed by atoms with van der Waals surface area (Å²) in [4.78, 5) is 12.4. The smallest absolute Gasteiger partial charge is 0.252 e. The summed E-state index contributed by atoms with van der Waals surface area (Å²) in [5.41, 5.74) is 0.859. The molecule has 6 nitrogen and oxygen atoms in total. The molecule has 9 heteroatoms. The van der Waals surface area contributed by atoms with E-state index < -0.39 is 21.6 Å². The number of sulfone groups is 1. The number of carbonyl (C=O) groups is 1. The third kappa shape index (κ3) is 4.53. The number of nitrogens with one attached hydrogen (secondary N) is 1. The van der Waals surface area contributed by atoms with Gasteiger partial charge in [-0.15, -0.1) is 0 Å². The van der Waals surface area contributed by atoms with E-state index in [-0.39, 0.29) is 27.8 Å². The first kappa shape index (κ1) is 19.1. The third-order valence-corrected chi connectivity index (χ3v) is 5.85. The second kappa shape index (κ2) is 7.89. The summed E-state index contributed by atoms with van der Waals surface area (Å²) >= 11 is 6.09. The topological polar surface area (TPSA) is 81.1 Å². The second-order valence-corrected chi connectivity index (χ2v) is 8.16. The zero-order valence-electron chi connectivity index (χ0n) is 14.0. The minimum atomic E-state index is -3.64. The minimum absolute atomic E-state index is 0.00291. The zero-order chi connectivity index (χ0) is 19.4. The zero-order valence-corrected chi connectivity index (χ0v) is 15.5. The van der Waals surface area contributed by atoms with Crippen molar-refractivity contribution >= 4 is 27.3 Å². The number of benzene rings is 2. The lowest BCUT2D eigenvalue weighted by Gasteiger charge is -2.10. The first-order valence-electron chi connectivity index (χ1n) is 7.93. The molecule has 0 saturated carbocycles. The number of aromatic nitrogens is 2. The lowest BCUT2D eigenvalue weighted by Crippen LogP contribution is -2.29. The van der Waals surface area contributed by atoms with Crippen molar-refractivity contribution in [2.24, 2.45) is 0 Å². The van der Waals surface area contributed by atoms with Crippen molar-refractivity contribution in [3.05, 3.63) is 77.3 Å². The highest BCUT2D eigenvalue weighted by Gasteiger charge is 2.16. The Labute approximate surface area is 160 Å². The molecule has 0 fully saturated rings. The van der Waals surface area contributed by atoms with Gasteiger partial charge < -0.3 is 5.32 Å². The van der Waals surface area contributed by atoms with Crippen LogP contribution in [0, 0.1) is 5.82 Å². The van der Waals surface area contributed by atoms with Crippen LogP contribution in [0.4, 0.5) is 4.39 Å². The predicted octanol–water partition coefficient (Wildman–Crippen LogP) is 2.87. The van der Waals surface area contributed by atoms with Gasteiger partial charge >= 0.3 is 0 Å². The minimum Gasteiger partial charge on any atom is -0.351 e. The molecular weight excluding hydrogens is 393 g/mol. The summed E-state index contributed by atoms with van der Waals surface area (Å²) < 4.78 is 39.0. The first-order valence-corrected chi connectivity index (χ1v) is 9.96.